The number of hydrogen-bond acceptors (Lipinski definition) is 5. The van der Waals surface area contributed by atoms with Gasteiger partial charge in [-0.1, -0.05) is 32.0 Å². The molecule has 0 spiro atoms. The maximum Gasteiger partial charge on any atom is 0.276 e. The summed E-state index contributed by atoms with van der Waals surface area (Å²) >= 11 is 0. The Bertz CT molecular complexity index is 1060. The number of carbonyl (C=O) groups is 2. The summed E-state index contributed by atoms with van der Waals surface area (Å²) in [7, 11) is -4.30. The Morgan fingerprint density at radius 2 is 1.71 bits per heavy atom. The Kier molecular flexibility index (Phi) is 8.12. The van der Waals surface area contributed by atoms with Gasteiger partial charge >= 0.3 is 0 Å². The molecule has 0 saturated carbocycles. The monoisotopic (exact) mass is 451 g/mol. The first kappa shape index (κ1) is 24.3. The zero-order valence-electron chi connectivity index (χ0n) is 17.7. The molecule has 0 bridgehead atoms. The van der Waals surface area contributed by atoms with Crippen molar-refractivity contribution in [2.45, 2.75) is 38.6 Å². The number of nitrogens with one attached hydrogen (secondary N) is 3. The van der Waals surface area contributed by atoms with Crippen LogP contribution in [0.2, 0.25) is 0 Å². The number of halogens is 1. The first-order valence-electron chi connectivity index (χ1n) is 9.57. The van der Waals surface area contributed by atoms with Crippen LogP contribution in [0.1, 0.15) is 25.0 Å². The molecular weight excluding hydrogens is 425 g/mol. The third-order valence-corrected chi connectivity index (χ3v) is 6.01. The van der Waals surface area contributed by atoms with Gasteiger partial charge in [0.1, 0.15) is 22.5 Å². The summed E-state index contributed by atoms with van der Waals surface area (Å²) in [5, 5.41) is 0. The minimum Gasteiger partial charge on any atom is -0.484 e. The molecular formula is C21H26FN3O5S. The molecule has 0 aromatic heterocycles. The molecule has 2 rings (SSSR count). The molecule has 0 unspecified atom stereocenters. The molecule has 2 aromatic carbocycles. The average Bonchev–Trinajstić information content (AvgIpc) is 2.71. The van der Waals surface area contributed by atoms with E-state index in [4.69, 9.17) is 4.74 Å². The van der Waals surface area contributed by atoms with Crippen molar-refractivity contribution < 1.29 is 27.1 Å². The van der Waals surface area contributed by atoms with Crippen LogP contribution < -0.4 is 20.3 Å². The Hall–Kier alpha value is -2.98. The lowest BCUT2D eigenvalue weighted by molar-refractivity contribution is -0.131. The van der Waals surface area contributed by atoms with E-state index in [9.17, 15) is 22.4 Å². The van der Waals surface area contributed by atoms with E-state index in [-0.39, 0.29) is 6.61 Å². The standard InChI is InChI=1S/C21H26FN3O5S/c1-13(2)20(25-31(28,29)18-8-6-5-7-17(18)22)21(27)24-23-19(26)12-30-16-10-9-14(3)15(4)11-16/h5-11,13,20,25H,12H2,1-4H3,(H,23,26)(H,24,27)/t20-/m0/s1. The van der Waals surface area contributed by atoms with Crippen molar-refractivity contribution in [1.29, 1.82) is 0 Å². The number of carbonyl (C=O) groups excluding carboxylic acids is 2. The third-order valence-electron chi connectivity index (χ3n) is 4.53. The van der Waals surface area contributed by atoms with Crippen molar-refractivity contribution in [2.24, 2.45) is 5.92 Å². The number of hydrazine groups is 1. The van der Waals surface area contributed by atoms with Crippen LogP contribution >= 0.6 is 0 Å². The molecule has 2 amide bonds. The Balaban J connectivity index is 1.95. The van der Waals surface area contributed by atoms with Crippen molar-refractivity contribution in [1.82, 2.24) is 15.6 Å². The van der Waals surface area contributed by atoms with E-state index in [2.05, 4.69) is 15.6 Å². The summed E-state index contributed by atoms with van der Waals surface area (Å²) in [5.74, 6) is -2.34. The van der Waals surface area contributed by atoms with E-state index in [1.165, 1.54) is 12.1 Å². The van der Waals surface area contributed by atoms with Gasteiger partial charge in [0.25, 0.3) is 11.8 Å². The van der Waals surface area contributed by atoms with Gasteiger partial charge in [-0.3, -0.25) is 20.4 Å². The van der Waals surface area contributed by atoms with E-state index in [1.54, 1.807) is 26.0 Å². The fourth-order valence-electron chi connectivity index (χ4n) is 2.58. The van der Waals surface area contributed by atoms with E-state index in [1.807, 2.05) is 19.9 Å². The third kappa shape index (κ3) is 6.76. The predicted molar refractivity (Wildman–Crippen MR) is 113 cm³/mol. The molecule has 31 heavy (non-hydrogen) atoms. The summed E-state index contributed by atoms with van der Waals surface area (Å²) in [6.45, 7) is 6.73. The summed E-state index contributed by atoms with van der Waals surface area (Å²) in [6.07, 6.45) is 0. The number of benzene rings is 2. The molecule has 1 atom stereocenters. The highest BCUT2D eigenvalue weighted by Gasteiger charge is 2.30. The van der Waals surface area contributed by atoms with Crippen LogP contribution in [-0.4, -0.2) is 32.9 Å². The van der Waals surface area contributed by atoms with Gasteiger partial charge in [0.05, 0.1) is 0 Å². The molecule has 0 fully saturated rings. The molecule has 0 saturated heterocycles. The molecule has 0 aliphatic carbocycles. The van der Waals surface area contributed by atoms with E-state index in [0.717, 1.165) is 23.3 Å². The first-order valence-corrected chi connectivity index (χ1v) is 11.0. The van der Waals surface area contributed by atoms with Gasteiger partial charge in [-0.15, -0.1) is 0 Å². The number of hydrogen-bond donors (Lipinski definition) is 3. The number of aryl methyl sites for hydroxylation is 2. The van der Waals surface area contributed by atoms with Crippen LogP contribution in [0, 0.1) is 25.6 Å². The van der Waals surface area contributed by atoms with Crippen molar-refractivity contribution >= 4 is 21.8 Å². The zero-order chi connectivity index (χ0) is 23.2. The second kappa shape index (κ2) is 10.4. The minimum atomic E-state index is -4.30. The topological polar surface area (TPSA) is 114 Å². The quantitative estimate of drug-likeness (QED) is 0.531. The van der Waals surface area contributed by atoms with E-state index in [0.29, 0.717) is 5.75 Å². The lowest BCUT2D eigenvalue weighted by Crippen LogP contribution is -2.54. The van der Waals surface area contributed by atoms with Crippen molar-refractivity contribution in [2.75, 3.05) is 6.61 Å². The lowest BCUT2D eigenvalue weighted by atomic mass is 10.1. The lowest BCUT2D eigenvalue weighted by Gasteiger charge is -2.22. The predicted octanol–water partition coefficient (Wildman–Crippen LogP) is 1.97. The highest BCUT2D eigenvalue weighted by molar-refractivity contribution is 7.89. The van der Waals surface area contributed by atoms with E-state index >= 15 is 0 Å². The molecule has 0 aliphatic rings. The molecule has 168 valence electrons. The fraction of sp³-hybridized carbons (Fsp3) is 0.333. The second-order valence-electron chi connectivity index (χ2n) is 7.35. The Morgan fingerprint density at radius 1 is 1.03 bits per heavy atom. The van der Waals surface area contributed by atoms with Crippen molar-refractivity contribution in [3.8, 4) is 5.75 Å². The van der Waals surface area contributed by atoms with Crippen LogP contribution in [0.3, 0.4) is 0 Å². The number of amides is 2. The summed E-state index contributed by atoms with van der Waals surface area (Å²) in [5.41, 5.74) is 6.44. The SMILES string of the molecule is Cc1ccc(OCC(=O)NNC(=O)[C@@H](NS(=O)(=O)c2ccccc2F)C(C)C)cc1C. The summed E-state index contributed by atoms with van der Waals surface area (Å²) < 4.78 is 46.4. The summed E-state index contributed by atoms with van der Waals surface area (Å²) in [6, 6.07) is 8.96. The van der Waals surface area contributed by atoms with Gasteiger partial charge in [-0.05, 0) is 55.2 Å². The maximum absolute atomic E-state index is 13.9. The van der Waals surface area contributed by atoms with Gasteiger partial charge < -0.3 is 4.74 Å². The van der Waals surface area contributed by atoms with Gasteiger partial charge in [0, 0.05) is 0 Å². The zero-order valence-corrected chi connectivity index (χ0v) is 18.5. The number of rotatable bonds is 8. The van der Waals surface area contributed by atoms with E-state index < -0.39 is 44.5 Å². The molecule has 2 aromatic rings. The number of ether oxygens (including phenoxy) is 1. The van der Waals surface area contributed by atoms with Gasteiger partial charge in [-0.2, -0.15) is 4.72 Å². The largest absolute Gasteiger partial charge is 0.484 e. The summed E-state index contributed by atoms with van der Waals surface area (Å²) in [4.78, 5) is 23.9. The van der Waals surface area contributed by atoms with Crippen molar-refractivity contribution in [3.63, 3.8) is 0 Å². The first-order chi connectivity index (χ1) is 14.5. The number of sulfonamides is 1. The highest BCUT2D eigenvalue weighted by Crippen LogP contribution is 2.17. The van der Waals surface area contributed by atoms with Crippen LogP contribution in [0.4, 0.5) is 4.39 Å². The molecule has 8 nitrogen and oxygen atoms in total. The van der Waals surface area contributed by atoms with Crippen LogP contribution in [0.5, 0.6) is 5.75 Å². The maximum atomic E-state index is 13.9. The van der Waals surface area contributed by atoms with Crippen molar-refractivity contribution in [3.05, 3.63) is 59.4 Å². The Labute approximate surface area is 181 Å². The molecule has 10 heteroatoms. The Morgan fingerprint density at radius 3 is 2.32 bits per heavy atom. The second-order valence-corrected chi connectivity index (χ2v) is 9.03. The van der Waals surface area contributed by atoms with Gasteiger partial charge in [-0.25, -0.2) is 12.8 Å². The van der Waals surface area contributed by atoms with Crippen LogP contribution in [0.25, 0.3) is 0 Å². The molecule has 3 N–H and O–H groups in total. The molecule has 0 heterocycles. The van der Waals surface area contributed by atoms with Gasteiger partial charge in [0.15, 0.2) is 6.61 Å². The smallest absolute Gasteiger partial charge is 0.276 e. The highest BCUT2D eigenvalue weighted by atomic mass is 32.2. The van der Waals surface area contributed by atoms with Crippen LogP contribution in [-0.2, 0) is 19.6 Å². The van der Waals surface area contributed by atoms with Gasteiger partial charge in [0.2, 0.25) is 10.0 Å². The average molecular weight is 452 g/mol. The van der Waals surface area contributed by atoms with Crippen LogP contribution in [0.15, 0.2) is 47.4 Å². The fourth-order valence-corrected chi connectivity index (χ4v) is 4.01. The molecule has 0 aliphatic heterocycles. The minimum absolute atomic E-state index is 0.351. The molecule has 0 radical (unpaired) electrons. The normalized spacial score (nSPS) is 12.3.